The largest absolute Gasteiger partial charge is 0.346 e. The van der Waals surface area contributed by atoms with Gasteiger partial charge in [0.15, 0.2) is 0 Å². The minimum absolute atomic E-state index is 0.183. The molecule has 0 radical (unpaired) electrons. The summed E-state index contributed by atoms with van der Waals surface area (Å²) in [5, 5.41) is 0. The van der Waals surface area contributed by atoms with Crippen molar-refractivity contribution in [1.29, 1.82) is 0 Å². The molecule has 0 saturated carbocycles. The van der Waals surface area contributed by atoms with Crippen LogP contribution < -0.4 is 0 Å². The number of hydrogen-bond acceptors (Lipinski definition) is 1. The van der Waals surface area contributed by atoms with Gasteiger partial charge in [-0.1, -0.05) is 77.6 Å². The molecule has 0 aromatic heterocycles. The summed E-state index contributed by atoms with van der Waals surface area (Å²) in [5.41, 5.74) is 0. The number of unbranched alkanes of at least 4 members (excludes halogenated alkanes) is 11. The van der Waals surface area contributed by atoms with E-state index in [9.17, 15) is 4.79 Å². The van der Waals surface area contributed by atoms with Gasteiger partial charge in [-0.2, -0.15) is 0 Å². The molecule has 0 fully saturated rings. The Kier molecular flexibility index (Phi) is 13.5. The van der Waals surface area contributed by atoms with Crippen LogP contribution in [0, 0.1) is 0 Å². The molecule has 0 saturated heterocycles. The molecule has 0 aromatic rings. The number of carbonyl (C=O) groups is 1. The molecule has 0 heterocycles. The lowest BCUT2D eigenvalue weighted by Gasteiger charge is -2.13. The van der Waals surface area contributed by atoms with E-state index in [1.54, 1.807) is 6.92 Å². The van der Waals surface area contributed by atoms with Gasteiger partial charge in [0.2, 0.25) is 5.91 Å². The molecule has 2 nitrogen and oxygen atoms in total. The maximum absolute atomic E-state index is 11.0. The molecule has 0 aromatic carbocycles. The maximum atomic E-state index is 11.0. The fraction of sp³-hybridized carbons (Fsp3) is 0.941. The predicted molar refractivity (Wildman–Crippen MR) is 84.4 cm³/mol. The van der Waals surface area contributed by atoms with Crippen molar-refractivity contribution in [3.05, 3.63) is 0 Å². The predicted octanol–water partition coefficient (Wildman–Crippen LogP) is 5.17. The zero-order valence-electron chi connectivity index (χ0n) is 13.5. The van der Waals surface area contributed by atoms with Gasteiger partial charge in [0.05, 0.1) is 0 Å². The second kappa shape index (κ2) is 13.9. The van der Waals surface area contributed by atoms with Gasteiger partial charge in [0.25, 0.3) is 0 Å². The van der Waals surface area contributed by atoms with E-state index in [0.29, 0.717) is 0 Å². The van der Waals surface area contributed by atoms with Crippen LogP contribution in [-0.4, -0.2) is 24.4 Å². The molecule has 0 aliphatic heterocycles. The first-order chi connectivity index (χ1) is 9.18. The number of nitrogens with zero attached hydrogens (tertiary/aromatic N) is 1. The highest BCUT2D eigenvalue weighted by atomic mass is 16.2. The Labute approximate surface area is 120 Å². The molecule has 2 heteroatoms. The van der Waals surface area contributed by atoms with Crippen LogP contribution >= 0.6 is 0 Å². The highest BCUT2D eigenvalue weighted by molar-refractivity contribution is 5.72. The van der Waals surface area contributed by atoms with Gasteiger partial charge in [0, 0.05) is 20.5 Å². The summed E-state index contributed by atoms with van der Waals surface area (Å²) < 4.78 is 0. The summed E-state index contributed by atoms with van der Waals surface area (Å²) in [6.07, 6.45) is 16.4. The molecular weight excluding hydrogens is 234 g/mol. The molecule has 0 rings (SSSR count). The van der Waals surface area contributed by atoms with Crippen LogP contribution in [0.2, 0.25) is 0 Å². The quantitative estimate of drug-likeness (QED) is 0.423. The zero-order valence-corrected chi connectivity index (χ0v) is 13.5. The lowest BCUT2D eigenvalue weighted by molar-refractivity contribution is -0.127. The van der Waals surface area contributed by atoms with E-state index in [4.69, 9.17) is 0 Å². The number of rotatable bonds is 13. The Morgan fingerprint density at radius 2 is 1.11 bits per heavy atom. The molecule has 0 N–H and O–H groups in total. The SMILES string of the molecule is CCCCCCCCCCCCCCN(C)C(C)=O. The van der Waals surface area contributed by atoms with Crippen molar-refractivity contribution < 1.29 is 4.79 Å². The molecule has 0 spiro atoms. The van der Waals surface area contributed by atoms with Gasteiger partial charge < -0.3 is 4.90 Å². The van der Waals surface area contributed by atoms with Crippen LogP contribution in [0.1, 0.15) is 90.9 Å². The van der Waals surface area contributed by atoms with Crippen molar-refractivity contribution >= 4 is 5.91 Å². The van der Waals surface area contributed by atoms with E-state index in [0.717, 1.165) is 13.0 Å². The third-order valence-corrected chi connectivity index (χ3v) is 3.88. The molecule has 0 aliphatic carbocycles. The summed E-state index contributed by atoms with van der Waals surface area (Å²) in [4.78, 5) is 12.8. The lowest BCUT2D eigenvalue weighted by atomic mass is 10.1. The lowest BCUT2D eigenvalue weighted by Crippen LogP contribution is -2.24. The van der Waals surface area contributed by atoms with Crippen molar-refractivity contribution in [3.63, 3.8) is 0 Å². The first-order valence-electron chi connectivity index (χ1n) is 8.40. The summed E-state index contributed by atoms with van der Waals surface area (Å²) >= 11 is 0. The summed E-state index contributed by atoms with van der Waals surface area (Å²) in [6, 6.07) is 0. The van der Waals surface area contributed by atoms with Gasteiger partial charge in [-0.25, -0.2) is 0 Å². The van der Waals surface area contributed by atoms with E-state index in [2.05, 4.69) is 6.92 Å². The maximum Gasteiger partial charge on any atom is 0.219 e. The van der Waals surface area contributed by atoms with Gasteiger partial charge in [-0.3, -0.25) is 4.79 Å². The highest BCUT2D eigenvalue weighted by Crippen LogP contribution is 2.11. The molecule has 0 bridgehead atoms. The van der Waals surface area contributed by atoms with Gasteiger partial charge in [-0.05, 0) is 6.42 Å². The van der Waals surface area contributed by atoms with Crippen LogP contribution in [0.4, 0.5) is 0 Å². The first kappa shape index (κ1) is 18.5. The molecule has 114 valence electrons. The van der Waals surface area contributed by atoms with Gasteiger partial charge >= 0.3 is 0 Å². The van der Waals surface area contributed by atoms with Crippen LogP contribution in [0.3, 0.4) is 0 Å². The Hall–Kier alpha value is -0.530. The summed E-state index contributed by atoms with van der Waals surface area (Å²) in [5.74, 6) is 0.183. The van der Waals surface area contributed by atoms with Crippen molar-refractivity contribution in [2.24, 2.45) is 0 Å². The summed E-state index contributed by atoms with van der Waals surface area (Å²) in [6.45, 7) is 4.83. The van der Waals surface area contributed by atoms with E-state index in [1.807, 2.05) is 11.9 Å². The smallest absolute Gasteiger partial charge is 0.219 e. The number of hydrogen-bond donors (Lipinski definition) is 0. The Balaban J connectivity index is 3.05. The molecule has 0 unspecified atom stereocenters. The van der Waals surface area contributed by atoms with Crippen molar-refractivity contribution in [2.45, 2.75) is 90.9 Å². The third kappa shape index (κ3) is 13.7. The van der Waals surface area contributed by atoms with Crippen LogP contribution in [0.15, 0.2) is 0 Å². The average molecular weight is 269 g/mol. The van der Waals surface area contributed by atoms with Crippen molar-refractivity contribution in [2.75, 3.05) is 13.6 Å². The van der Waals surface area contributed by atoms with Gasteiger partial charge in [-0.15, -0.1) is 0 Å². The zero-order chi connectivity index (χ0) is 14.3. The van der Waals surface area contributed by atoms with Crippen molar-refractivity contribution in [1.82, 2.24) is 4.90 Å². The van der Waals surface area contributed by atoms with Crippen LogP contribution in [0.5, 0.6) is 0 Å². The second-order valence-electron chi connectivity index (χ2n) is 5.83. The monoisotopic (exact) mass is 269 g/mol. The molecule has 0 atom stereocenters. The first-order valence-corrected chi connectivity index (χ1v) is 8.40. The van der Waals surface area contributed by atoms with Crippen LogP contribution in [-0.2, 0) is 4.79 Å². The topological polar surface area (TPSA) is 20.3 Å². The minimum atomic E-state index is 0.183. The van der Waals surface area contributed by atoms with E-state index >= 15 is 0 Å². The average Bonchev–Trinajstić information content (AvgIpc) is 2.39. The van der Waals surface area contributed by atoms with E-state index in [-0.39, 0.29) is 5.91 Å². The highest BCUT2D eigenvalue weighted by Gasteiger charge is 2.00. The normalized spacial score (nSPS) is 10.7. The van der Waals surface area contributed by atoms with Crippen LogP contribution in [0.25, 0.3) is 0 Å². The Morgan fingerprint density at radius 1 is 0.737 bits per heavy atom. The summed E-state index contributed by atoms with van der Waals surface area (Å²) in [7, 11) is 1.89. The Morgan fingerprint density at radius 3 is 1.47 bits per heavy atom. The van der Waals surface area contributed by atoms with Crippen molar-refractivity contribution in [3.8, 4) is 0 Å². The fourth-order valence-electron chi connectivity index (χ4n) is 2.35. The molecule has 0 aliphatic rings. The fourth-order valence-corrected chi connectivity index (χ4v) is 2.35. The second-order valence-corrected chi connectivity index (χ2v) is 5.83. The molecule has 19 heavy (non-hydrogen) atoms. The molecular formula is C17H35NO. The van der Waals surface area contributed by atoms with E-state index in [1.165, 1.54) is 70.6 Å². The standard InChI is InChI=1S/C17H35NO/c1-4-5-6-7-8-9-10-11-12-13-14-15-16-18(3)17(2)19/h4-16H2,1-3H3. The molecule has 1 amide bonds. The third-order valence-electron chi connectivity index (χ3n) is 3.88. The van der Waals surface area contributed by atoms with Gasteiger partial charge in [0.1, 0.15) is 0 Å². The Bertz CT molecular complexity index is 203. The number of carbonyl (C=O) groups excluding carboxylic acids is 1. The number of amides is 1. The minimum Gasteiger partial charge on any atom is -0.346 e. The van der Waals surface area contributed by atoms with E-state index < -0.39 is 0 Å².